The number of carbonyl (C=O) groups excluding carboxylic acids is 2. The lowest BCUT2D eigenvalue weighted by Gasteiger charge is -2.39. The minimum Gasteiger partial charge on any atom is -0.431 e. The molecule has 1 aliphatic heterocycles. The molecule has 0 bridgehead atoms. The number of aromatic nitrogens is 4. The van der Waals surface area contributed by atoms with Crippen molar-refractivity contribution in [3.05, 3.63) is 64.7 Å². The fourth-order valence-electron chi connectivity index (χ4n) is 6.60. The number of anilines is 1. The van der Waals surface area contributed by atoms with Gasteiger partial charge < -0.3 is 27.7 Å². The summed E-state index contributed by atoms with van der Waals surface area (Å²) in [4.78, 5) is 51.1. The Morgan fingerprint density at radius 1 is 1.12 bits per heavy atom. The van der Waals surface area contributed by atoms with Crippen LogP contribution in [0, 0.1) is 11.3 Å². The zero-order valence-corrected chi connectivity index (χ0v) is 35.1. The molecule has 3 unspecified atom stereocenters. The zero-order chi connectivity index (χ0) is 40.4. The first kappa shape index (κ1) is 43.1. The first-order valence-electron chi connectivity index (χ1n) is 19.2. The standard InChI is InChI=1S/C38H54N7O9PSi/c1-25(2)45(26(3)4)55(50-22-16-21-39)53-31-29(23-49-38(48)51-28-19-14-9-8-10-15-20-28)52-36(32(31)54-56(5,6)7)44-24-40-30-33(44)41-37(43-35(30)47)42-34(46)27-17-12-11-13-18-27/h11-14,17-19,24-26,28-29,31-32,36H,8-10,15-16,20,22-23H2,1-7H3,(H2,41,42,43,46,47)/b19-14+/t28?,29-,31-,32?,36-,55?/m1/s1. The van der Waals surface area contributed by atoms with Gasteiger partial charge in [0.1, 0.15) is 31.0 Å². The molecule has 1 amide bonds. The number of nitriles is 1. The van der Waals surface area contributed by atoms with Crippen molar-refractivity contribution in [3.8, 4) is 6.07 Å². The average Bonchev–Trinajstić information content (AvgIpc) is 3.68. The molecule has 0 radical (unpaired) electrons. The van der Waals surface area contributed by atoms with Gasteiger partial charge in [-0.15, -0.1) is 0 Å². The van der Waals surface area contributed by atoms with E-state index in [0.29, 0.717) is 12.0 Å². The number of carbonyl (C=O) groups is 2. The van der Waals surface area contributed by atoms with Crippen molar-refractivity contribution in [2.24, 2.45) is 0 Å². The van der Waals surface area contributed by atoms with Crippen LogP contribution in [0.5, 0.6) is 0 Å². The fraction of sp³-hybridized carbons (Fsp3) is 0.579. The van der Waals surface area contributed by atoms with Crippen LogP contribution in [0.3, 0.4) is 0 Å². The van der Waals surface area contributed by atoms with Crippen molar-refractivity contribution < 1.29 is 37.3 Å². The van der Waals surface area contributed by atoms with E-state index >= 15 is 0 Å². The molecule has 16 nitrogen and oxygen atoms in total. The molecule has 18 heteroatoms. The minimum atomic E-state index is -2.40. The number of imidazole rings is 1. The topological polar surface area (TPSA) is 192 Å². The molecule has 0 spiro atoms. The highest BCUT2D eigenvalue weighted by Gasteiger charge is 2.52. The Hall–Kier alpha value is -4.01. The van der Waals surface area contributed by atoms with Gasteiger partial charge in [0, 0.05) is 17.6 Å². The van der Waals surface area contributed by atoms with E-state index in [9.17, 15) is 19.6 Å². The third kappa shape index (κ3) is 11.5. The van der Waals surface area contributed by atoms with E-state index in [1.807, 2.05) is 59.5 Å². The van der Waals surface area contributed by atoms with Crippen LogP contribution < -0.4 is 10.9 Å². The normalized spacial score (nSPS) is 22.8. The number of rotatable bonds is 16. The Kier molecular flexibility index (Phi) is 15.3. The number of nitrogens with one attached hydrogen (secondary N) is 2. The summed E-state index contributed by atoms with van der Waals surface area (Å²) in [6.07, 6.45) is 5.37. The van der Waals surface area contributed by atoms with Crippen LogP contribution in [0.15, 0.2) is 53.6 Å². The lowest BCUT2D eigenvalue weighted by atomic mass is 10.0. The van der Waals surface area contributed by atoms with E-state index in [1.54, 1.807) is 34.9 Å². The minimum absolute atomic E-state index is 0.00258. The summed E-state index contributed by atoms with van der Waals surface area (Å²) in [7, 11) is -4.21. The summed E-state index contributed by atoms with van der Waals surface area (Å²) in [5.41, 5.74) is -0.0568. The summed E-state index contributed by atoms with van der Waals surface area (Å²) in [6, 6.07) is 10.7. The van der Waals surface area contributed by atoms with E-state index in [-0.39, 0.29) is 48.8 Å². The van der Waals surface area contributed by atoms with Crippen LogP contribution in [-0.2, 0) is 27.7 Å². The van der Waals surface area contributed by atoms with Gasteiger partial charge >= 0.3 is 6.16 Å². The molecule has 1 aliphatic carbocycles. The number of hydrogen-bond acceptors (Lipinski definition) is 13. The van der Waals surface area contributed by atoms with Gasteiger partial charge in [0.2, 0.25) is 5.95 Å². The summed E-state index contributed by atoms with van der Waals surface area (Å²) >= 11 is 0. The highest BCUT2D eigenvalue weighted by atomic mass is 31.2. The highest BCUT2D eigenvalue weighted by Crippen LogP contribution is 2.51. The maximum Gasteiger partial charge on any atom is 0.508 e. The first-order valence-corrected chi connectivity index (χ1v) is 23.7. The number of fused-ring (bicyclic) bond motifs is 1. The number of H-pyrrole nitrogens is 1. The molecule has 0 saturated carbocycles. The maximum atomic E-state index is 13.3. The fourth-order valence-corrected chi connectivity index (χ4v) is 9.44. The molecular weight excluding hydrogens is 758 g/mol. The monoisotopic (exact) mass is 811 g/mol. The van der Waals surface area contributed by atoms with Crippen molar-refractivity contribution in [2.45, 2.75) is 129 Å². The van der Waals surface area contributed by atoms with Gasteiger partial charge in [0.05, 0.1) is 25.4 Å². The Morgan fingerprint density at radius 3 is 2.57 bits per heavy atom. The summed E-state index contributed by atoms with van der Waals surface area (Å²) in [5.74, 6) is -0.551. The molecule has 2 aromatic heterocycles. The first-order chi connectivity index (χ1) is 26.8. The molecule has 1 fully saturated rings. The lowest BCUT2D eigenvalue weighted by molar-refractivity contribution is -0.0616. The van der Waals surface area contributed by atoms with Gasteiger partial charge in [-0.2, -0.15) is 10.2 Å². The number of ether oxygens (including phenoxy) is 3. The summed E-state index contributed by atoms with van der Waals surface area (Å²) in [5, 5.41) is 12.0. The van der Waals surface area contributed by atoms with Crippen LogP contribution in [0.25, 0.3) is 11.2 Å². The molecule has 304 valence electrons. The third-order valence-electron chi connectivity index (χ3n) is 8.95. The van der Waals surface area contributed by atoms with Gasteiger partial charge in [0.15, 0.2) is 25.7 Å². The highest BCUT2D eigenvalue weighted by molar-refractivity contribution is 7.44. The molecule has 56 heavy (non-hydrogen) atoms. The molecule has 5 rings (SSSR count). The van der Waals surface area contributed by atoms with E-state index < -0.39 is 65.1 Å². The number of allylic oxidation sites excluding steroid dienone is 1. The molecular formula is C38H54N7O9PSi. The van der Waals surface area contributed by atoms with Crippen LogP contribution in [0.2, 0.25) is 19.6 Å². The Morgan fingerprint density at radius 2 is 1.88 bits per heavy atom. The van der Waals surface area contributed by atoms with Gasteiger partial charge in [-0.05, 0) is 91.2 Å². The van der Waals surface area contributed by atoms with Crippen molar-refractivity contribution in [2.75, 3.05) is 18.5 Å². The predicted molar refractivity (Wildman–Crippen MR) is 213 cm³/mol. The largest absolute Gasteiger partial charge is 0.508 e. The lowest BCUT2D eigenvalue weighted by Crippen LogP contribution is -2.45. The number of nitrogens with zero attached hydrogens (tertiary/aromatic N) is 5. The second-order valence-corrected chi connectivity index (χ2v) is 21.1. The number of hydrogen-bond donors (Lipinski definition) is 2. The van der Waals surface area contributed by atoms with Crippen LogP contribution in [-0.4, -0.2) is 94.3 Å². The van der Waals surface area contributed by atoms with Crippen molar-refractivity contribution in [3.63, 3.8) is 0 Å². The molecule has 2 aliphatic rings. The summed E-state index contributed by atoms with van der Waals surface area (Å²) < 4.78 is 41.9. The number of amides is 1. The van der Waals surface area contributed by atoms with Crippen molar-refractivity contribution in [1.29, 1.82) is 5.26 Å². The molecule has 3 aromatic rings. The number of benzene rings is 1. The second-order valence-electron chi connectivity index (χ2n) is 15.2. The van der Waals surface area contributed by atoms with Crippen molar-refractivity contribution in [1.82, 2.24) is 24.2 Å². The van der Waals surface area contributed by atoms with Crippen LogP contribution >= 0.6 is 8.53 Å². The van der Waals surface area contributed by atoms with Gasteiger partial charge in [-0.25, -0.2) is 14.4 Å². The maximum absolute atomic E-state index is 13.3. The SMILES string of the molecule is CC(C)N(C(C)C)P(OCCC#N)O[C@H]1C(O[Si](C)(C)C)[C@H](n2cnc3c(=O)[nH]c(NC(=O)c4ccccc4)nc32)O[C@@H]1COC(=O)OC1/C=C/CCCCC1. The van der Waals surface area contributed by atoms with Crippen molar-refractivity contribution >= 4 is 46.0 Å². The van der Waals surface area contributed by atoms with Gasteiger partial charge in [0.25, 0.3) is 20.0 Å². The smallest absolute Gasteiger partial charge is 0.431 e. The van der Waals surface area contributed by atoms with Gasteiger partial charge in [-0.1, -0.05) is 30.7 Å². The van der Waals surface area contributed by atoms with Gasteiger partial charge in [-0.3, -0.25) is 24.5 Å². The predicted octanol–water partition coefficient (Wildman–Crippen LogP) is 7.19. The average molecular weight is 812 g/mol. The molecule has 6 atom stereocenters. The molecule has 1 aromatic carbocycles. The van der Waals surface area contributed by atoms with Crippen LogP contribution in [0.1, 0.15) is 82.8 Å². The number of aromatic amines is 1. The Balaban J connectivity index is 1.52. The summed E-state index contributed by atoms with van der Waals surface area (Å²) in [6.45, 7) is 14.1. The third-order valence-corrected chi connectivity index (χ3v) is 12.1. The molecule has 2 N–H and O–H groups in total. The quantitative estimate of drug-likeness (QED) is 0.0486. The zero-order valence-electron chi connectivity index (χ0n) is 33.2. The molecule has 1 saturated heterocycles. The second kappa shape index (κ2) is 19.9. The molecule has 3 heterocycles. The van der Waals surface area contributed by atoms with E-state index in [4.69, 9.17) is 27.7 Å². The Bertz CT molecular complexity index is 1890. The van der Waals surface area contributed by atoms with E-state index in [0.717, 1.165) is 25.7 Å². The van der Waals surface area contributed by atoms with Crippen LogP contribution in [0.4, 0.5) is 10.7 Å². The van der Waals surface area contributed by atoms with E-state index in [1.165, 1.54) is 6.33 Å². The van der Waals surface area contributed by atoms with E-state index in [2.05, 4.69) is 31.0 Å². The Labute approximate surface area is 330 Å².